The van der Waals surface area contributed by atoms with E-state index in [1.807, 2.05) is 23.1 Å². The molecule has 0 bridgehead atoms. The maximum atomic E-state index is 12.2. The summed E-state index contributed by atoms with van der Waals surface area (Å²) in [6.07, 6.45) is 2.19. The summed E-state index contributed by atoms with van der Waals surface area (Å²) >= 11 is 13.1. The Morgan fingerprint density at radius 1 is 0.885 bits per heavy atom. The van der Waals surface area contributed by atoms with E-state index in [1.54, 1.807) is 6.07 Å². The van der Waals surface area contributed by atoms with Crippen molar-refractivity contribution in [2.75, 3.05) is 70.9 Å². The normalized spacial score (nSPS) is 18.2. The van der Waals surface area contributed by atoms with Crippen LogP contribution in [0.4, 0.5) is 5.82 Å². The quantitative estimate of drug-likeness (QED) is 0.0509. The summed E-state index contributed by atoms with van der Waals surface area (Å²) in [5, 5.41) is 5.44. The average Bonchev–Trinajstić information content (AvgIpc) is 3.65. The maximum Gasteiger partial charge on any atom is 0.303 e. The lowest BCUT2D eigenvalue weighted by atomic mass is 10.1. The van der Waals surface area contributed by atoms with Gasteiger partial charge in [0.25, 0.3) is 0 Å². The first kappa shape index (κ1) is 40.7. The van der Waals surface area contributed by atoms with Crippen LogP contribution in [0.1, 0.15) is 32.6 Å². The van der Waals surface area contributed by atoms with E-state index < -0.39 is 42.4 Å². The van der Waals surface area contributed by atoms with Crippen LogP contribution in [0.15, 0.2) is 30.5 Å². The van der Waals surface area contributed by atoms with Crippen LogP contribution >= 0.6 is 23.2 Å². The Kier molecular flexibility index (Phi) is 16.3. The summed E-state index contributed by atoms with van der Waals surface area (Å²) in [5.41, 5.74) is 1.05. The fourth-order valence-electron chi connectivity index (χ4n) is 5.26. The second-order valence-electron chi connectivity index (χ2n) is 11.3. The zero-order valence-electron chi connectivity index (χ0n) is 29.0. The van der Waals surface area contributed by atoms with Gasteiger partial charge in [0.1, 0.15) is 25.1 Å². The van der Waals surface area contributed by atoms with Gasteiger partial charge in [0, 0.05) is 38.9 Å². The van der Waals surface area contributed by atoms with Gasteiger partial charge < -0.3 is 42.8 Å². The van der Waals surface area contributed by atoms with E-state index in [0.717, 1.165) is 5.56 Å². The summed E-state index contributed by atoms with van der Waals surface area (Å²) in [6.45, 7) is 6.90. The van der Waals surface area contributed by atoms with Crippen LogP contribution in [0.25, 0.3) is 11.0 Å². The van der Waals surface area contributed by atoms with Gasteiger partial charge in [-0.15, -0.1) is 6.42 Å². The topological polar surface area (TPSA) is 172 Å². The largest absolute Gasteiger partial charge is 0.463 e. The Morgan fingerprint density at radius 2 is 1.52 bits per heavy atom. The third-order valence-electron chi connectivity index (χ3n) is 7.41. The van der Waals surface area contributed by atoms with Gasteiger partial charge >= 0.3 is 17.9 Å². The molecule has 0 aliphatic carbocycles. The van der Waals surface area contributed by atoms with Crippen molar-refractivity contribution in [1.82, 2.24) is 19.7 Å². The predicted molar refractivity (Wildman–Crippen MR) is 187 cm³/mol. The van der Waals surface area contributed by atoms with E-state index in [9.17, 15) is 14.4 Å². The van der Waals surface area contributed by atoms with Gasteiger partial charge in [0.15, 0.2) is 24.1 Å². The molecule has 18 heteroatoms. The molecule has 0 spiro atoms. The minimum absolute atomic E-state index is 0.109. The number of carbonyl (C=O) groups is 3. The second-order valence-corrected chi connectivity index (χ2v) is 12.0. The number of hydrogen-bond acceptors (Lipinski definition) is 15. The molecule has 0 amide bonds. The van der Waals surface area contributed by atoms with Gasteiger partial charge in [-0.05, 0) is 23.2 Å². The van der Waals surface area contributed by atoms with Crippen LogP contribution in [-0.4, -0.2) is 122 Å². The fourth-order valence-corrected chi connectivity index (χ4v) is 5.62. The van der Waals surface area contributed by atoms with E-state index >= 15 is 0 Å². The van der Waals surface area contributed by atoms with E-state index in [2.05, 4.69) is 21.0 Å². The summed E-state index contributed by atoms with van der Waals surface area (Å²) in [4.78, 5) is 46.8. The maximum absolute atomic E-state index is 12.2. The second kappa shape index (κ2) is 20.8. The SMILES string of the molecule is C#CCOCCOCCOCCOCCN(Cc1ccccc1Cl)c1nc(Cl)nc2c1cnn2[C@@H]1O[C@H](COC(C)=O)[C@@H](OC(C)=O)[C@H]1OC(C)=O. The first-order chi connectivity index (χ1) is 25.1. The molecule has 3 aromatic rings. The molecule has 1 saturated heterocycles. The zero-order valence-corrected chi connectivity index (χ0v) is 30.5. The highest BCUT2D eigenvalue weighted by atomic mass is 35.5. The lowest BCUT2D eigenvalue weighted by Crippen LogP contribution is -2.40. The van der Waals surface area contributed by atoms with E-state index in [4.69, 9.17) is 67.5 Å². The van der Waals surface area contributed by atoms with Crippen molar-refractivity contribution < 1.29 is 52.3 Å². The highest BCUT2D eigenvalue weighted by Crippen LogP contribution is 2.37. The van der Waals surface area contributed by atoms with Gasteiger partial charge in [-0.3, -0.25) is 14.4 Å². The van der Waals surface area contributed by atoms with Crippen molar-refractivity contribution in [2.45, 2.75) is 51.9 Å². The minimum atomic E-state index is -1.18. The molecule has 3 heterocycles. The molecule has 1 aromatic carbocycles. The molecule has 282 valence electrons. The lowest BCUT2D eigenvalue weighted by molar-refractivity contribution is -0.166. The van der Waals surface area contributed by atoms with Crippen LogP contribution in [0.5, 0.6) is 0 Å². The molecule has 1 aliphatic rings. The van der Waals surface area contributed by atoms with Crippen molar-refractivity contribution in [3.63, 3.8) is 0 Å². The zero-order chi connectivity index (χ0) is 37.5. The molecule has 52 heavy (non-hydrogen) atoms. The van der Waals surface area contributed by atoms with Crippen LogP contribution in [0.2, 0.25) is 10.3 Å². The van der Waals surface area contributed by atoms with E-state index in [0.29, 0.717) is 69.0 Å². The molecule has 0 radical (unpaired) electrons. The van der Waals surface area contributed by atoms with Crippen molar-refractivity contribution in [3.8, 4) is 12.3 Å². The van der Waals surface area contributed by atoms with Gasteiger partial charge in [-0.1, -0.05) is 35.7 Å². The van der Waals surface area contributed by atoms with Crippen molar-refractivity contribution in [2.24, 2.45) is 0 Å². The number of fused-ring (bicyclic) bond motifs is 1. The number of esters is 3. The Bertz CT molecular complexity index is 1690. The van der Waals surface area contributed by atoms with Gasteiger partial charge in [-0.2, -0.15) is 15.1 Å². The van der Waals surface area contributed by atoms with Crippen LogP contribution < -0.4 is 4.90 Å². The van der Waals surface area contributed by atoms with Gasteiger partial charge in [0.05, 0.1) is 57.8 Å². The average molecular weight is 767 g/mol. The molecular weight excluding hydrogens is 725 g/mol. The highest BCUT2D eigenvalue weighted by molar-refractivity contribution is 6.31. The van der Waals surface area contributed by atoms with Crippen LogP contribution in [-0.2, 0) is 58.8 Å². The standard InChI is InChI=1S/C34H41Cl2N5O11/c1-5-11-45-13-15-47-17-18-48-16-14-46-12-10-40(20-25-8-6-7-9-27(25)35)31-26-19-37-41(32(26)39-34(36)38-31)33-30(51-24(4)44)29(50-23(3)43)28(52-33)21-49-22(2)42/h1,6-9,19,28-30,33H,10-18,20-21H2,2-4H3/t28-,29-,30-,33-/m1/s1. The van der Waals surface area contributed by atoms with Crippen molar-refractivity contribution in [3.05, 3.63) is 46.3 Å². The van der Waals surface area contributed by atoms with Gasteiger partial charge in [0.2, 0.25) is 5.28 Å². The molecule has 1 fully saturated rings. The summed E-state index contributed by atoms with van der Waals surface area (Å²) in [5.74, 6) is 0.905. The van der Waals surface area contributed by atoms with Crippen molar-refractivity contribution >= 4 is 58.0 Å². The number of nitrogens with zero attached hydrogens (tertiary/aromatic N) is 5. The number of terminal acetylenes is 1. The first-order valence-electron chi connectivity index (χ1n) is 16.4. The molecular formula is C34H41Cl2N5O11. The van der Waals surface area contributed by atoms with Gasteiger partial charge in [-0.25, -0.2) is 4.68 Å². The summed E-state index contributed by atoms with van der Waals surface area (Å²) in [7, 11) is 0. The molecule has 4 rings (SSSR count). The number of ether oxygens (including phenoxy) is 8. The highest BCUT2D eigenvalue weighted by Gasteiger charge is 2.51. The number of halogens is 2. The van der Waals surface area contributed by atoms with E-state index in [1.165, 1.54) is 31.6 Å². The number of carbonyl (C=O) groups excluding carboxylic acids is 3. The molecule has 4 atom stereocenters. The number of hydrogen-bond donors (Lipinski definition) is 0. The van der Waals surface area contributed by atoms with E-state index in [-0.39, 0.29) is 30.8 Å². The molecule has 0 N–H and O–H groups in total. The van der Waals surface area contributed by atoms with Crippen LogP contribution in [0, 0.1) is 12.3 Å². The van der Waals surface area contributed by atoms with Crippen molar-refractivity contribution in [1.29, 1.82) is 0 Å². The third kappa shape index (κ3) is 12.0. The lowest BCUT2D eigenvalue weighted by Gasteiger charge is -2.25. The number of aromatic nitrogens is 4. The molecule has 16 nitrogen and oxygen atoms in total. The Hall–Kier alpha value is -4.08. The third-order valence-corrected chi connectivity index (χ3v) is 7.95. The number of anilines is 1. The molecule has 0 unspecified atom stereocenters. The number of benzene rings is 1. The predicted octanol–water partition coefficient (Wildman–Crippen LogP) is 3.16. The number of rotatable bonds is 21. The molecule has 1 aliphatic heterocycles. The minimum Gasteiger partial charge on any atom is -0.463 e. The fraction of sp³-hybridized carbons (Fsp3) is 0.529. The Labute approximate surface area is 310 Å². The Balaban J connectivity index is 1.53. The molecule has 2 aromatic heterocycles. The summed E-state index contributed by atoms with van der Waals surface area (Å²) in [6, 6.07) is 7.39. The molecule has 0 saturated carbocycles. The Morgan fingerprint density at radius 3 is 2.15 bits per heavy atom. The first-order valence-corrected chi connectivity index (χ1v) is 17.1. The van der Waals surface area contributed by atoms with Crippen LogP contribution in [0.3, 0.4) is 0 Å². The smallest absolute Gasteiger partial charge is 0.303 e. The monoisotopic (exact) mass is 765 g/mol. The summed E-state index contributed by atoms with van der Waals surface area (Å²) < 4.78 is 45.8.